The molecule has 3 aliphatic rings. The van der Waals surface area contributed by atoms with E-state index in [1.54, 1.807) is 24.3 Å². The van der Waals surface area contributed by atoms with Gasteiger partial charge in [-0.05, 0) is 51.9 Å². The molecule has 0 bridgehead atoms. The number of hydrogen-bond donors (Lipinski definition) is 5. The van der Waals surface area contributed by atoms with Crippen molar-refractivity contribution in [2.75, 3.05) is 13.1 Å². The number of piperidine rings is 1. The Bertz CT molecular complexity index is 1850. The van der Waals surface area contributed by atoms with E-state index in [9.17, 15) is 33.9 Å². The van der Waals surface area contributed by atoms with Gasteiger partial charge in [-0.2, -0.15) is 0 Å². The summed E-state index contributed by atoms with van der Waals surface area (Å²) in [4.78, 5) is 82.9. The number of aromatic nitrogens is 1. The SMILES string of the molecule is C=CCNC(=O)C(=O)C(CC1CC1)NC(=O)[C@@H]1[C@@H]2[C@H](CN1C(=O)[C@@H](NC(=O)N[C@H](Cn1c(O)c3ccccc3cc1=O)C(C)(C)C)C(C)(C)C)C2(C)C. The zero-order chi connectivity index (χ0) is 39.2. The van der Waals surface area contributed by atoms with Crippen LogP contribution in [0.1, 0.15) is 74.7 Å². The summed E-state index contributed by atoms with van der Waals surface area (Å²) in [6.45, 7) is 19.3. The van der Waals surface area contributed by atoms with Crippen molar-refractivity contribution >= 4 is 40.3 Å². The third-order valence-electron chi connectivity index (χ3n) is 11.4. The van der Waals surface area contributed by atoms with Gasteiger partial charge in [-0.3, -0.25) is 28.5 Å². The molecule has 1 saturated heterocycles. The van der Waals surface area contributed by atoms with Crippen LogP contribution in [0.15, 0.2) is 47.8 Å². The fraction of sp³-hybridized carbons (Fsp3) is 0.600. The minimum atomic E-state index is -1.05. The van der Waals surface area contributed by atoms with E-state index < -0.39 is 70.1 Å². The molecule has 5 N–H and O–H groups in total. The quantitative estimate of drug-likeness (QED) is 0.155. The van der Waals surface area contributed by atoms with Crippen molar-refractivity contribution in [2.45, 2.75) is 105 Å². The summed E-state index contributed by atoms with van der Waals surface area (Å²) < 4.78 is 1.23. The Hall–Kier alpha value is -4.68. The first-order valence-electron chi connectivity index (χ1n) is 18.6. The number of rotatable bonds is 13. The number of hydrogen-bond acceptors (Lipinski definition) is 7. The van der Waals surface area contributed by atoms with E-state index in [2.05, 4.69) is 41.7 Å². The zero-order valence-corrected chi connectivity index (χ0v) is 32.2. The summed E-state index contributed by atoms with van der Waals surface area (Å²) in [5.41, 5.74) is -1.99. The Kier molecular flexibility index (Phi) is 10.9. The highest BCUT2D eigenvalue weighted by atomic mass is 16.3. The molecule has 6 atom stereocenters. The van der Waals surface area contributed by atoms with Crippen molar-refractivity contribution in [3.63, 3.8) is 0 Å². The van der Waals surface area contributed by atoms with E-state index in [0.717, 1.165) is 12.8 Å². The maximum absolute atomic E-state index is 14.5. The molecule has 53 heavy (non-hydrogen) atoms. The van der Waals surface area contributed by atoms with Gasteiger partial charge < -0.3 is 31.3 Å². The molecule has 1 unspecified atom stereocenters. The van der Waals surface area contributed by atoms with Crippen molar-refractivity contribution in [1.29, 1.82) is 0 Å². The molecule has 0 spiro atoms. The van der Waals surface area contributed by atoms with Crippen LogP contribution in [0.3, 0.4) is 0 Å². The summed E-state index contributed by atoms with van der Waals surface area (Å²) in [6.07, 6.45) is 3.64. The van der Waals surface area contributed by atoms with Gasteiger partial charge in [0.05, 0.1) is 12.1 Å². The first-order valence-corrected chi connectivity index (χ1v) is 18.6. The van der Waals surface area contributed by atoms with Crippen LogP contribution < -0.4 is 26.8 Å². The van der Waals surface area contributed by atoms with E-state index >= 15 is 0 Å². The van der Waals surface area contributed by atoms with Crippen LogP contribution in [-0.4, -0.2) is 81.4 Å². The highest BCUT2D eigenvalue weighted by Gasteiger charge is 2.70. The molecule has 5 rings (SSSR count). The Labute approximate surface area is 311 Å². The lowest BCUT2D eigenvalue weighted by molar-refractivity contribution is -0.145. The molecule has 0 radical (unpaired) electrons. The Morgan fingerprint density at radius 3 is 2.26 bits per heavy atom. The van der Waals surface area contributed by atoms with Gasteiger partial charge in [-0.15, -0.1) is 6.58 Å². The number of benzene rings is 1. The first kappa shape index (κ1) is 39.5. The van der Waals surface area contributed by atoms with Crippen molar-refractivity contribution in [3.8, 4) is 5.88 Å². The number of urea groups is 1. The zero-order valence-electron chi connectivity index (χ0n) is 32.2. The Morgan fingerprint density at radius 1 is 1.00 bits per heavy atom. The average Bonchev–Trinajstić information content (AvgIpc) is 3.93. The van der Waals surface area contributed by atoms with Crippen LogP contribution in [0.4, 0.5) is 4.79 Å². The number of nitrogens with zero attached hydrogens (tertiary/aromatic N) is 2. The minimum Gasteiger partial charge on any atom is -0.494 e. The van der Waals surface area contributed by atoms with E-state index in [0.29, 0.717) is 23.7 Å². The smallest absolute Gasteiger partial charge is 0.315 e. The maximum atomic E-state index is 14.5. The van der Waals surface area contributed by atoms with Crippen molar-refractivity contribution in [1.82, 2.24) is 30.7 Å². The van der Waals surface area contributed by atoms with Gasteiger partial charge in [0.1, 0.15) is 12.1 Å². The number of carbonyl (C=O) groups excluding carboxylic acids is 5. The topological polar surface area (TPSA) is 179 Å². The van der Waals surface area contributed by atoms with E-state index in [1.165, 1.54) is 21.6 Å². The molecular weight excluding hydrogens is 676 g/mol. The van der Waals surface area contributed by atoms with Gasteiger partial charge in [0, 0.05) is 31.1 Å². The normalized spacial score (nSPS) is 22.2. The largest absolute Gasteiger partial charge is 0.494 e. The van der Waals surface area contributed by atoms with Gasteiger partial charge >= 0.3 is 6.03 Å². The molecule has 3 fully saturated rings. The lowest BCUT2D eigenvalue weighted by Crippen LogP contribution is -2.62. The summed E-state index contributed by atoms with van der Waals surface area (Å²) in [6, 6.07) is 4.19. The molecule has 2 aliphatic carbocycles. The second-order valence-electron chi connectivity index (χ2n) is 17.8. The van der Waals surface area contributed by atoms with Crippen LogP contribution in [0, 0.1) is 34.0 Å². The third-order valence-corrected chi connectivity index (χ3v) is 11.4. The number of amides is 5. The fourth-order valence-corrected chi connectivity index (χ4v) is 7.73. The highest BCUT2D eigenvalue weighted by Crippen LogP contribution is 2.65. The predicted molar refractivity (Wildman–Crippen MR) is 202 cm³/mol. The number of likely N-dealkylation sites (tertiary alicyclic amines) is 1. The summed E-state index contributed by atoms with van der Waals surface area (Å²) in [7, 11) is 0. The maximum Gasteiger partial charge on any atom is 0.315 e. The summed E-state index contributed by atoms with van der Waals surface area (Å²) >= 11 is 0. The first-order chi connectivity index (χ1) is 24.7. The number of ketones is 1. The Morgan fingerprint density at radius 2 is 1.66 bits per heavy atom. The van der Waals surface area contributed by atoms with Gasteiger partial charge in [0.25, 0.3) is 11.5 Å². The van der Waals surface area contributed by atoms with Gasteiger partial charge in [-0.25, -0.2) is 4.79 Å². The molecule has 2 aromatic rings. The summed E-state index contributed by atoms with van der Waals surface area (Å²) in [5, 5.41) is 23.4. The Balaban J connectivity index is 1.35. The number of carbonyl (C=O) groups is 5. The molecule has 2 saturated carbocycles. The van der Waals surface area contributed by atoms with Crippen molar-refractivity contribution in [2.24, 2.45) is 34.0 Å². The van der Waals surface area contributed by atoms with Crippen LogP contribution in [0.5, 0.6) is 5.88 Å². The molecular formula is C40H56N6O7. The number of fused-ring (bicyclic) bond motifs is 2. The number of Topliss-reactive ketones (excluding diaryl/α,β-unsaturated/α-hetero) is 1. The summed E-state index contributed by atoms with van der Waals surface area (Å²) in [5.74, 6) is -2.53. The van der Waals surface area contributed by atoms with E-state index in [4.69, 9.17) is 0 Å². The minimum absolute atomic E-state index is 0.0281. The second-order valence-corrected chi connectivity index (χ2v) is 17.8. The molecule has 1 aliphatic heterocycles. The molecule has 13 nitrogen and oxygen atoms in total. The van der Waals surface area contributed by atoms with Crippen LogP contribution in [0.25, 0.3) is 10.8 Å². The molecule has 5 amide bonds. The lowest BCUT2D eigenvalue weighted by Gasteiger charge is -2.38. The van der Waals surface area contributed by atoms with Crippen LogP contribution in [0.2, 0.25) is 0 Å². The van der Waals surface area contributed by atoms with Crippen LogP contribution in [-0.2, 0) is 25.7 Å². The average molecular weight is 733 g/mol. The lowest BCUT2D eigenvalue weighted by atomic mass is 9.85. The van der Waals surface area contributed by atoms with Gasteiger partial charge in [-0.1, -0.05) is 92.5 Å². The third kappa shape index (κ3) is 8.44. The van der Waals surface area contributed by atoms with Crippen molar-refractivity contribution < 1.29 is 29.1 Å². The predicted octanol–water partition coefficient (Wildman–Crippen LogP) is 3.47. The molecule has 288 valence electrons. The van der Waals surface area contributed by atoms with Crippen molar-refractivity contribution in [3.05, 3.63) is 53.3 Å². The number of aromatic hydroxyl groups is 1. The molecule has 2 heterocycles. The highest BCUT2D eigenvalue weighted by molar-refractivity contribution is 6.38. The van der Waals surface area contributed by atoms with E-state index in [-0.39, 0.29) is 42.1 Å². The fourth-order valence-electron chi connectivity index (χ4n) is 7.73. The molecule has 1 aromatic heterocycles. The molecule has 13 heteroatoms. The van der Waals surface area contributed by atoms with Gasteiger partial charge in [0.2, 0.25) is 23.5 Å². The van der Waals surface area contributed by atoms with Crippen LogP contribution >= 0.6 is 0 Å². The number of nitrogens with one attached hydrogen (secondary N) is 4. The second kappa shape index (κ2) is 14.6. The molecule has 1 aromatic carbocycles. The monoisotopic (exact) mass is 732 g/mol. The number of pyridine rings is 1. The van der Waals surface area contributed by atoms with Gasteiger partial charge in [0.15, 0.2) is 0 Å². The van der Waals surface area contributed by atoms with E-state index in [1.807, 2.05) is 41.5 Å². The standard InChI is InChI=1S/C40H56N6O7/c1-10-17-41-34(50)31(48)26(18-22-15-16-22)42-33(49)30-29-25(40(29,8)9)20-46(30)36(52)32(39(5,6)7)44-37(53)43-27(38(2,3)4)21-45-28(47)19-23-13-11-12-14-24(23)35(45)51/h10-14,19,22,25-27,29-30,32,51H,1,15-18,20-21H2,2-9H3,(H,41,50)(H,42,49)(H2,43,44,53)/t25-,26?,27+,29-,30-,32+/m0/s1.